The van der Waals surface area contributed by atoms with Gasteiger partial charge in [0.1, 0.15) is 17.7 Å². The van der Waals surface area contributed by atoms with Crippen LogP contribution in [-0.2, 0) is 6.54 Å². The topological polar surface area (TPSA) is 45.7 Å². The van der Waals surface area contributed by atoms with E-state index in [0.717, 1.165) is 12.5 Å². The Bertz CT molecular complexity index is 584. The number of rotatable bonds is 6. The van der Waals surface area contributed by atoms with E-state index in [-0.39, 0.29) is 11.9 Å². The Balaban J connectivity index is 1.73. The van der Waals surface area contributed by atoms with Crippen molar-refractivity contribution in [1.82, 2.24) is 10.6 Å². The zero-order valence-corrected chi connectivity index (χ0v) is 13.5. The number of nitrogens with one attached hydrogen (secondary N) is 2. The van der Waals surface area contributed by atoms with E-state index in [1.165, 1.54) is 17.7 Å². The Labute approximate surface area is 134 Å². The predicted molar refractivity (Wildman–Crippen MR) is 89.0 cm³/mol. The molecule has 0 amide bonds. The summed E-state index contributed by atoms with van der Waals surface area (Å²) in [5.74, 6) is 1.11. The normalized spacial score (nSPS) is 12.8. The third-order valence-corrected chi connectivity index (χ3v) is 3.70. The quantitative estimate of drug-likeness (QED) is 0.635. The van der Waals surface area contributed by atoms with Gasteiger partial charge in [0.05, 0.1) is 6.54 Å². The van der Waals surface area contributed by atoms with E-state index in [1.807, 2.05) is 12.3 Å². The average molecular weight is 321 g/mol. The minimum atomic E-state index is -0.267. The van der Waals surface area contributed by atoms with Crippen molar-refractivity contribution >= 4 is 17.3 Å². The van der Waals surface area contributed by atoms with E-state index in [9.17, 15) is 4.39 Å². The van der Waals surface area contributed by atoms with E-state index in [2.05, 4.69) is 27.1 Å². The number of nitrogens with zero attached hydrogens (tertiary/aromatic N) is 1. The fraction of sp³-hybridized carbons (Fsp3) is 0.312. The van der Waals surface area contributed by atoms with Crippen molar-refractivity contribution in [2.75, 3.05) is 13.6 Å². The summed E-state index contributed by atoms with van der Waals surface area (Å²) in [4.78, 5) is 4.17. The van der Waals surface area contributed by atoms with Crippen molar-refractivity contribution in [3.63, 3.8) is 0 Å². The van der Waals surface area contributed by atoms with Crippen molar-refractivity contribution in [3.8, 4) is 5.75 Å². The molecule has 0 spiro atoms. The minimum absolute atomic E-state index is 0.0647. The molecular formula is C16H20FN3OS. The SMILES string of the molecule is CN=C(NCc1ccsc1)NCC(C)Oc1ccc(F)cc1. The number of aliphatic imine (C=N–C) groups is 1. The molecule has 0 fully saturated rings. The standard InChI is InChI=1S/C16H20FN3OS/c1-12(21-15-5-3-14(17)4-6-15)9-19-16(18-2)20-10-13-7-8-22-11-13/h3-8,11-12H,9-10H2,1-2H3,(H2,18,19,20). The predicted octanol–water partition coefficient (Wildman–Crippen LogP) is 3.02. The van der Waals surface area contributed by atoms with E-state index >= 15 is 0 Å². The molecule has 0 aliphatic rings. The van der Waals surface area contributed by atoms with Crippen LogP contribution in [0.2, 0.25) is 0 Å². The highest BCUT2D eigenvalue weighted by Crippen LogP contribution is 2.12. The second kappa shape index (κ2) is 8.38. The lowest BCUT2D eigenvalue weighted by atomic mass is 10.3. The lowest BCUT2D eigenvalue weighted by molar-refractivity contribution is 0.223. The molecule has 118 valence electrons. The summed E-state index contributed by atoms with van der Waals surface area (Å²) in [7, 11) is 1.73. The van der Waals surface area contributed by atoms with Crippen molar-refractivity contribution < 1.29 is 9.13 Å². The van der Waals surface area contributed by atoms with Crippen LogP contribution in [0.5, 0.6) is 5.75 Å². The lowest BCUT2D eigenvalue weighted by Gasteiger charge is -2.17. The van der Waals surface area contributed by atoms with Crippen LogP contribution in [0.15, 0.2) is 46.1 Å². The first-order valence-corrected chi connectivity index (χ1v) is 7.99. The van der Waals surface area contributed by atoms with Crippen LogP contribution in [-0.4, -0.2) is 25.7 Å². The van der Waals surface area contributed by atoms with E-state index in [4.69, 9.17) is 4.74 Å². The molecule has 1 aromatic carbocycles. The van der Waals surface area contributed by atoms with Crippen molar-refractivity contribution in [3.05, 3.63) is 52.5 Å². The third-order valence-electron chi connectivity index (χ3n) is 2.97. The van der Waals surface area contributed by atoms with Gasteiger partial charge in [0.15, 0.2) is 5.96 Å². The van der Waals surface area contributed by atoms with Crippen LogP contribution in [0.1, 0.15) is 12.5 Å². The molecule has 0 bridgehead atoms. The number of thiophene rings is 1. The molecule has 0 saturated heterocycles. The van der Waals surface area contributed by atoms with Crippen LogP contribution in [0.4, 0.5) is 4.39 Å². The monoisotopic (exact) mass is 321 g/mol. The van der Waals surface area contributed by atoms with E-state index in [0.29, 0.717) is 12.3 Å². The number of ether oxygens (including phenoxy) is 1. The molecule has 1 heterocycles. The first-order valence-electron chi connectivity index (χ1n) is 7.05. The molecule has 0 saturated carbocycles. The Morgan fingerprint density at radius 3 is 2.68 bits per heavy atom. The molecule has 4 nitrogen and oxygen atoms in total. The maximum atomic E-state index is 12.8. The number of hydrogen-bond donors (Lipinski definition) is 2. The highest BCUT2D eigenvalue weighted by molar-refractivity contribution is 7.07. The second-order valence-corrected chi connectivity index (χ2v) is 5.60. The number of hydrogen-bond acceptors (Lipinski definition) is 3. The third kappa shape index (κ3) is 5.37. The number of benzene rings is 1. The molecule has 2 N–H and O–H groups in total. The zero-order valence-electron chi connectivity index (χ0n) is 12.7. The van der Waals surface area contributed by atoms with E-state index < -0.39 is 0 Å². The fourth-order valence-corrected chi connectivity index (χ4v) is 2.50. The van der Waals surface area contributed by atoms with Gasteiger partial charge in [0.2, 0.25) is 0 Å². The van der Waals surface area contributed by atoms with Crippen LogP contribution in [0.25, 0.3) is 0 Å². The van der Waals surface area contributed by atoms with Crippen LogP contribution in [0, 0.1) is 5.82 Å². The summed E-state index contributed by atoms with van der Waals surface area (Å²) < 4.78 is 18.5. The lowest BCUT2D eigenvalue weighted by Crippen LogP contribution is -2.41. The second-order valence-electron chi connectivity index (χ2n) is 4.82. The Hall–Kier alpha value is -2.08. The van der Waals surface area contributed by atoms with Crippen molar-refractivity contribution in [1.29, 1.82) is 0 Å². The number of guanidine groups is 1. The molecule has 0 aliphatic carbocycles. The first-order chi connectivity index (χ1) is 10.7. The van der Waals surface area contributed by atoms with Gasteiger partial charge in [-0.15, -0.1) is 0 Å². The molecule has 0 aliphatic heterocycles. The van der Waals surface area contributed by atoms with Gasteiger partial charge in [0.25, 0.3) is 0 Å². The largest absolute Gasteiger partial charge is 0.489 e. The van der Waals surface area contributed by atoms with Crippen LogP contribution >= 0.6 is 11.3 Å². The summed E-state index contributed by atoms with van der Waals surface area (Å²) in [5, 5.41) is 10.6. The zero-order chi connectivity index (χ0) is 15.8. The summed E-state index contributed by atoms with van der Waals surface area (Å²) >= 11 is 1.67. The Morgan fingerprint density at radius 2 is 2.05 bits per heavy atom. The number of halogens is 1. The first kappa shape index (κ1) is 16.3. The van der Waals surface area contributed by atoms with Crippen molar-refractivity contribution in [2.45, 2.75) is 19.6 Å². The molecule has 2 aromatic rings. The molecule has 1 unspecified atom stereocenters. The minimum Gasteiger partial charge on any atom is -0.489 e. The van der Waals surface area contributed by atoms with Gasteiger partial charge in [-0.25, -0.2) is 4.39 Å². The van der Waals surface area contributed by atoms with Gasteiger partial charge in [-0.1, -0.05) is 0 Å². The van der Waals surface area contributed by atoms with Crippen LogP contribution in [0.3, 0.4) is 0 Å². The molecule has 1 atom stereocenters. The summed E-state index contributed by atoms with van der Waals surface area (Å²) in [6.45, 7) is 3.28. The van der Waals surface area contributed by atoms with Gasteiger partial charge in [-0.2, -0.15) is 11.3 Å². The summed E-state index contributed by atoms with van der Waals surface area (Å²) in [6, 6.07) is 8.09. The van der Waals surface area contributed by atoms with Gasteiger partial charge in [-0.3, -0.25) is 4.99 Å². The molecule has 2 rings (SSSR count). The highest BCUT2D eigenvalue weighted by Gasteiger charge is 2.06. The fourth-order valence-electron chi connectivity index (χ4n) is 1.83. The maximum absolute atomic E-state index is 12.8. The van der Waals surface area contributed by atoms with Gasteiger partial charge in [0, 0.05) is 13.6 Å². The summed E-state index contributed by atoms with van der Waals surface area (Å²) in [6.07, 6.45) is -0.0647. The maximum Gasteiger partial charge on any atom is 0.191 e. The van der Waals surface area contributed by atoms with E-state index in [1.54, 1.807) is 30.5 Å². The molecule has 0 radical (unpaired) electrons. The molecule has 22 heavy (non-hydrogen) atoms. The molecular weight excluding hydrogens is 301 g/mol. The highest BCUT2D eigenvalue weighted by atomic mass is 32.1. The van der Waals surface area contributed by atoms with Gasteiger partial charge >= 0.3 is 0 Å². The van der Waals surface area contributed by atoms with Crippen molar-refractivity contribution in [2.24, 2.45) is 4.99 Å². The average Bonchev–Trinajstić information content (AvgIpc) is 3.03. The summed E-state index contributed by atoms with van der Waals surface area (Å²) in [5.41, 5.74) is 1.23. The van der Waals surface area contributed by atoms with Gasteiger partial charge in [-0.05, 0) is 53.6 Å². The molecule has 6 heteroatoms. The Morgan fingerprint density at radius 1 is 1.27 bits per heavy atom. The Kier molecular flexibility index (Phi) is 6.21. The molecule has 1 aromatic heterocycles. The van der Waals surface area contributed by atoms with Crippen LogP contribution < -0.4 is 15.4 Å². The van der Waals surface area contributed by atoms with Gasteiger partial charge < -0.3 is 15.4 Å². The smallest absolute Gasteiger partial charge is 0.191 e.